The summed E-state index contributed by atoms with van der Waals surface area (Å²) in [5.74, 6) is 0. The second-order valence-electron chi connectivity index (χ2n) is 4.71. The Labute approximate surface area is 141 Å². The van der Waals surface area contributed by atoms with Crippen molar-refractivity contribution in [1.82, 2.24) is 10.3 Å². The number of hydrogen-bond acceptors (Lipinski definition) is 4. The van der Waals surface area contributed by atoms with Crippen LogP contribution in [0.25, 0.3) is 11.3 Å². The fourth-order valence-electron chi connectivity index (χ4n) is 2.18. The molecule has 5 heteroatoms. The second-order valence-corrected chi connectivity index (χ2v) is 7.51. The molecule has 108 valence electrons. The summed E-state index contributed by atoms with van der Waals surface area (Å²) < 4.78 is 1.15. The summed E-state index contributed by atoms with van der Waals surface area (Å²) >= 11 is 7.02. The number of rotatable bonds is 5. The molecule has 3 rings (SSSR count). The highest BCUT2D eigenvalue weighted by Gasteiger charge is 2.15. The van der Waals surface area contributed by atoms with Gasteiger partial charge in [-0.1, -0.05) is 30.3 Å². The van der Waals surface area contributed by atoms with Crippen LogP contribution in [0.15, 0.2) is 51.6 Å². The highest BCUT2D eigenvalue weighted by molar-refractivity contribution is 9.10. The number of benzene rings is 1. The van der Waals surface area contributed by atoms with Crippen LogP contribution in [-0.4, -0.2) is 12.0 Å². The number of halogens is 1. The summed E-state index contributed by atoms with van der Waals surface area (Å²) in [6.07, 6.45) is 0.918. The van der Waals surface area contributed by atoms with Crippen LogP contribution in [0.4, 0.5) is 0 Å². The predicted molar refractivity (Wildman–Crippen MR) is 95.1 cm³/mol. The monoisotopic (exact) mass is 378 g/mol. The molecule has 1 atom stereocenters. The number of aromatic nitrogens is 1. The molecule has 0 aliphatic carbocycles. The number of nitrogens with one attached hydrogen (secondary N) is 1. The molecule has 0 bridgehead atoms. The Hall–Kier alpha value is -1.01. The van der Waals surface area contributed by atoms with E-state index in [1.165, 1.54) is 10.4 Å². The molecular weight excluding hydrogens is 364 g/mol. The topological polar surface area (TPSA) is 24.9 Å². The van der Waals surface area contributed by atoms with Crippen LogP contribution in [0.2, 0.25) is 0 Å². The van der Waals surface area contributed by atoms with Gasteiger partial charge in [0.25, 0.3) is 0 Å². The van der Waals surface area contributed by atoms with E-state index in [0.29, 0.717) is 6.04 Å². The first-order valence-corrected chi connectivity index (χ1v) is 9.22. The second kappa shape index (κ2) is 6.83. The Morgan fingerprint density at radius 3 is 2.67 bits per heavy atom. The number of hydrogen-bond donors (Lipinski definition) is 1. The minimum absolute atomic E-state index is 0.316. The third-order valence-electron chi connectivity index (χ3n) is 3.28. The Morgan fingerprint density at radius 2 is 2.00 bits per heavy atom. The van der Waals surface area contributed by atoms with Gasteiger partial charge >= 0.3 is 0 Å². The lowest BCUT2D eigenvalue weighted by molar-refractivity contribution is 0.600. The largest absolute Gasteiger partial charge is 0.312 e. The maximum Gasteiger partial charge on any atom is 0.0951 e. The van der Waals surface area contributed by atoms with E-state index in [1.54, 1.807) is 22.7 Å². The van der Waals surface area contributed by atoms with E-state index in [1.807, 2.05) is 25.2 Å². The number of thiazole rings is 1. The van der Waals surface area contributed by atoms with Gasteiger partial charge in [-0.05, 0) is 29.0 Å². The first-order valence-electron chi connectivity index (χ1n) is 6.67. The van der Waals surface area contributed by atoms with E-state index in [0.717, 1.165) is 21.6 Å². The van der Waals surface area contributed by atoms with Crippen molar-refractivity contribution in [3.8, 4) is 11.3 Å². The quantitative estimate of drug-likeness (QED) is 0.664. The van der Waals surface area contributed by atoms with Gasteiger partial charge in [0.05, 0.1) is 10.7 Å². The Morgan fingerprint density at radius 1 is 1.19 bits per heavy atom. The molecule has 1 unspecified atom stereocenters. The Bertz CT molecular complexity index is 706. The average molecular weight is 379 g/mol. The van der Waals surface area contributed by atoms with Crippen LogP contribution < -0.4 is 5.32 Å². The van der Waals surface area contributed by atoms with Crippen molar-refractivity contribution in [3.63, 3.8) is 0 Å². The maximum atomic E-state index is 4.77. The molecule has 0 radical (unpaired) electrons. The molecule has 1 aromatic carbocycles. The van der Waals surface area contributed by atoms with E-state index >= 15 is 0 Å². The molecule has 2 aromatic heterocycles. The van der Waals surface area contributed by atoms with Gasteiger partial charge in [-0.15, -0.1) is 22.7 Å². The van der Waals surface area contributed by atoms with E-state index < -0.39 is 0 Å². The summed E-state index contributed by atoms with van der Waals surface area (Å²) in [7, 11) is 2.00. The average Bonchev–Trinajstić information content (AvgIpc) is 3.15. The van der Waals surface area contributed by atoms with Crippen LogP contribution in [0.1, 0.15) is 15.9 Å². The third-order valence-corrected chi connectivity index (χ3v) is 5.96. The van der Waals surface area contributed by atoms with Crippen molar-refractivity contribution in [2.75, 3.05) is 7.05 Å². The molecule has 0 saturated heterocycles. The molecule has 0 aliphatic heterocycles. The van der Waals surface area contributed by atoms with Crippen LogP contribution in [-0.2, 0) is 6.42 Å². The van der Waals surface area contributed by atoms with Gasteiger partial charge in [0.15, 0.2) is 0 Å². The fraction of sp³-hybridized carbons (Fsp3) is 0.188. The molecule has 2 nitrogen and oxygen atoms in total. The van der Waals surface area contributed by atoms with Crippen molar-refractivity contribution in [2.45, 2.75) is 12.5 Å². The first kappa shape index (κ1) is 14.9. The summed E-state index contributed by atoms with van der Waals surface area (Å²) in [4.78, 5) is 6.11. The van der Waals surface area contributed by atoms with Crippen LogP contribution in [0, 0.1) is 0 Å². The van der Waals surface area contributed by atoms with Gasteiger partial charge in [-0.2, -0.15) is 0 Å². The lowest BCUT2D eigenvalue weighted by Crippen LogP contribution is -2.17. The molecule has 21 heavy (non-hydrogen) atoms. The van der Waals surface area contributed by atoms with Crippen molar-refractivity contribution >= 4 is 38.6 Å². The van der Waals surface area contributed by atoms with E-state index in [4.69, 9.17) is 4.98 Å². The number of likely N-dealkylation sites (N-methyl/N-ethyl adjacent to an activating group) is 1. The molecule has 0 saturated carbocycles. The zero-order valence-corrected chi connectivity index (χ0v) is 14.8. The lowest BCUT2D eigenvalue weighted by Gasteiger charge is -2.12. The predicted octanol–water partition coefficient (Wildman–Crippen LogP) is 5.14. The van der Waals surface area contributed by atoms with Gasteiger partial charge < -0.3 is 5.32 Å². The molecule has 0 spiro atoms. The molecular formula is C16H15BrN2S2. The van der Waals surface area contributed by atoms with E-state index in [-0.39, 0.29) is 0 Å². The van der Waals surface area contributed by atoms with Gasteiger partial charge in [0.1, 0.15) is 0 Å². The van der Waals surface area contributed by atoms with Crippen LogP contribution in [0.3, 0.4) is 0 Å². The molecule has 0 aliphatic rings. The summed E-state index contributed by atoms with van der Waals surface area (Å²) in [6.45, 7) is 0. The molecule has 3 aromatic rings. The maximum absolute atomic E-state index is 4.77. The van der Waals surface area contributed by atoms with Crippen molar-refractivity contribution in [3.05, 3.63) is 61.5 Å². The lowest BCUT2D eigenvalue weighted by atomic mass is 10.1. The fourth-order valence-corrected chi connectivity index (χ4v) is 4.58. The van der Waals surface area contributed by atoms with Crippen molar-refractivity contribution in [2.24, 2.45) is 0 Å². The normalized spacial score (nSPS) is 12.5. The minimum atomic E-state index is 0.316. The standard InChI is InChI=1S/C16H15BrN2S2/c1-18-13(15-7-12(17)9-20-15)8-16-19-14(10-21-16)11-5-3-2-4-6-11/h2-7,9-10,13,18H,8H2,1H3. The molecule has 0 fully saturated rings. The first-order chi connectivity index (χ1) is 10.3. The van der Waals surface area contributed by atoms with Crippen molar-refractivity contribution in [1.29, 1.82) is 0 Å². The van der Waals surface area contributed by atoms with Gasteiger partial charge in [0, 0.05) is 38.1 Å². The Kier molecular flexibility index (Phi) is 4.85. The Balaban J connectivity index is 1.77. The SMILES string of the molecule is CNC(Cc1nc(-c2ccccc2)cs1)c1cc(Br)cs1. The van der Waals surface area contributed by atoms with Crippen LogP contribution >= 0.6 is 38.6 Å². The van der Waals surface area contributed by atoms with Crippen LogP contribution in [0.5, 0.6) is 0 Å². The van der Waals surface area contributed by atoms with Crippen molar-refractivity contribution < 1.29 is 0 Å². The van der Waals surface area contributed by atoms with Gasteiger partial charge in [-0.25, -0.2) is 4.98 Å². The summed E-state index contributed by atoms with van der Waals surface area (Å²) in [6, 6.07) is 12.8. The molecule has 0 amide bonds. The minimum Gasteiger partial charge on any atom is -0.312 e. The molecule has 1 N–H and O–H groups in total. The highest BCUT2D eigenvalue weighted by Crippen LogP contribution is 2.29. The summed E-state index contributed by atoms with van der Waals surface area (Å²) in [5, 5.41) is 8.81. The summed E-state index contributed by atoms with van der Waals surface area (Å²) in [5.41, 5.74) is 2.25. The van der Waals surface area contributed by atoms with E-state index in [9.17, 15) is 0 Å². The van der Waals surface area contributed by atoms with Gasteiger partial charge in [-0.3, -0.25) is 0 Å². The smallest absolute Gasteiger partial charge is 0.0951 e. The zero-order chi connectivity index (χ0) is 14.7. The zero-order valence-electron chi connectivity index (χ0n) is 11.5. The highest BCUT2D eigenvalue weighted by atomic mass is 79.9. The number of thiophene rings is 1. The number of nitrogens with zero attached hydrogens (tertiary/aromatic N) is 1. The van der Waals surface area contributed by atoms with Gasteiger partial charge in [0.2, 0.25) is 0 Å². The third kappa shape index (κ3) is 3.61. The van der Waals surface area contributed by atoms with E-state index in [2.05, 4.69) is 50.2 Å². The molecule has 2 heterocycles.